The molecule has 1 aromatic rings. The molecule has 0 amide bonds. The molecule has 0 saturated heterocycles. The van der Waals surface area contributed by atoms with Crippen molar-refractivity contribution in [1.82, 2.24) is 9.97 Å². The van der Waals surface area contributed by atoms with Crippen molar-refractivity contribution in [2.24, 2.45) is 0 Å². The smallest absolute Gasteiger partial charge is 0.308 e. The van der Waals surface area contributed by atoms with E-state index in [2.05, 4.69) is 25.9 Å². The second-order valence-electron chi connectivity index (χ2n) is 3.77. The minimum Gasteiger partial charge on any atom is -0.308 e. The first kappa shape index (κ1) is 10.7. The molecule has 13 heavy (non-hydrogen) atoms. The van der Waals surface area contributed by atoms with E-state index < -0.39 is 5.69 Å². The molecule has 5 heteroatoms. The van der Waals surface area contributed by atoms with Crippen molar-refractivity contribution in [2.45, 2.75) is 26.2 Å². The van der Waals surface area contributed by atoms with Crippen LogP contribution in [0.4, 0.5) is 0 Å². The second-order valence-corrected chi connectivity index (χ2v) is 4.92. The van der Waals surface area contributed by atoms with E-state index in [0.29, 0.717) is 4.47 Å². The van der Waals surface area contributed by atoms with Gasteiger partial charge in [0, 0.05) is 11.1 Å². The van der Waals surface area contributed by atoms with Crippen LogP contribution >= 0.6 is 27.5 Å². The first-order chi connectivity index (χ1) is 5.82. The highest BCUT2D eigenvalue weighted by Crippen LogP contribution is 2.30. The number of nitrogens with one attached hydrogen (secondary N) is 1. The zero-order valence-electron chi connectivity index (χ0n) is 7.61. The van der Waals surface area contributed by atoms with Crippen molar-refractivity contribution < 1.29 is 0 Å². The molecular weight excluding hydrogens is 255 g/mol. The van der Waals surface area contributed by atoms with E-state index >= 15 is 0 Å². The fourth-order valence-electron chi connectivity index (χ4n) is 0.948. The van der Waals surface area contributed by atoms with Crippen molar-refractivity contribution >= 4 is 27.5 Å². The van der Waals surface area contributed by atoms with Gasteiger partial charge >= 0.3 is 5.69 Å². The Balaban J connectivity index is 3.46. The maximum Gasteiger partial charge on any atom is 0.346 e. The minimum atomic E-state index is -0.418. The van der Waals surface area contributed by atoms with E-state index in [4.69, 9.17) is 11.6 Å². The highest BCUT2D eigenvalue weighted by molar-refractivity contribution is 9.10. The van der Waals surface area contributed by atoms with E-state index in [1.54, 1.807) is 0 Å². The van der Waals surface area contributed by atoms with Gasteiger partial charge < -0.3 is 4.98 Å². The third-order valence-corrected chi connectivity index (χ3v) is 2.86. The lowest BCUT2D eigenvalue weighted by Gasteiger charge is -2.19. The predicted molar refractivity (Wildman–Crippen MR) is 56.3 cm³/mol. The number of aromatic nitrogens is 2. The maximum absolute atomic E-state index is 11.0. The van der Waals surface area contributed by atoms with Gasteiger partial charge in [0.1, 0.15) is 0 Å². The molecule has 0 aliphatic rings. The minimum absolute atomic E-state index is 0.162. The SMILES string of the molecule is CC(C)(C)c1[nH]c(=O)nc(Cl)c1Br. The first-order valence-corrected chi connectivity index (χ1v) is 4.95. The Morgan fingerprint density at radius 1 is 1.46 bits per heavy atom. The Morgan fingerprint density at radius 3 is 2.46 bits per heavy atom. The van der Waals surface area contributed by atoms with Crippen LogP contribution < -0.4 is 5.69 Å². The molecule has 0 unspecified atom stereocenters. The van der Waals surface area contributed by atoms with Gasteiger partial charge in [-0.25, -0.2) is 4.79 Å². The zero-order valence-corrected chi connectivity index (χ0v) is 9.95. The summed E-state index contributed by atoms with van der Waals surface area (Å²) < 4.78 is 0.654. The Kier molecular flexibility index (Phi) is 2.82. The molecule has 1 N–H and O–H groups in total. The summed E-state index contributed by atoms with van der Waals surface area (Å²) in [6, 6.07) is 0. The third kappa shape index (κ3) is 2.31. The molecule has 0 atom stereocenters. The number of aromatic amines is 1. The van der Waals surface area contributed by atoms with Crippen LogP contribution in [0.3, 0.4) is 0 Å². The topological polar surface area (TPSA) is 45.8 Å². The molecule has 0 radical (unpaired) electrons. The largest absolute Gasteiger partial charge is 0.346 e. The van der Waals surface area contributed by atoms with E-state index in [9.17, 15) is 4.79 Å². The highest BCUT2D eigenvalue weighted by Gasteiger charge is 2.20. The number of H-pyrrole nitrogens is 1. The lowest BCUT2D eigenvalue weighted by molar-refractivity contribution is 0.560. The number of rotatable bonds is 0. The fraction of sp³-hybridized carbons (Fsp3) is 0.500. The Hall–Kier alpha value is -0.350. The molecule has 0 spiro atoms. The molecule has 0 saturated carbocycles. The normalized spacial score (nSPS) is 11.8. The summed E-state index contributed by atoms with van der Waals surface area (Å²) >= 11 is 9.03. The van der Waals surface area contributed by atoms with Crippen LogP contribution in [0.2, 0.25) is 5.15 Å². The number of nitrogens with zero attached hydrogens (tertiary/aromatic N) is 1. The van der Waals surface area contributed by atoms with Crippen molar-refractivity contribution in [1.29, 1.82) is 0 Å². The van der Waals surface area contributed by atoms with Crippen LogP contribution in [0.25, 0.3) is 0 Å². The maximum atomic E-state index is 11.0. The van der Waals surface area contributed by atoms with Crippen LogP contribution in [0.5, 0.6) is 0 Å². The standard InChI is InChI=1S/C8H10BrClN2O/c1-8(2,3)5-4(9)6(10)12-7(13)11-5/h1-3H3,(H,11,12,13). The Morgan fingerprint density at radius 2 is 2.00 bits per heavy atom. The highest BCUT2D eigenvalue weighted by atomic mass is 79.9. The molecule has 0 bridgehead atoms. The van der Waals surface area contributed by atoms with Gasteiger partial charge in [-0.1, -0.05) is 32.4 Å². The Bertz CT molecular complexity index is 381. The van der Waals surface area contributed by atoms with Crippen LogP contribution in [-0.2, 0) is 5.41 Å². The molecule has 0 fully saturated rings. The van der Waals surface area contributed by atoms with Gasteiger partial charge in [0.15, 0.2) is 5.15 Å². The van der Waals surface area contributed by atoms with E-state index in [1.165, 1.54) is 0 Å². The van der Waals surface area contributed by atoms with Crippen molar-refractivity contribution in [3.05, 3.63) is 25.8 Å². The van der Waals surface area contributed by atoms with Gasteiger partial charge in [-0.2, -0.15) is 4.98 Å². The van der Waals surface area contributed by atoms with Crippen LogP contribution in [0, 0.1) is 0 Å². The third-order valence-electron chi connectivity index (χ3n) is 1.58. The molecule has 1 heterocycles. The lowest BCUT2D eigenvalue weighted by atomic mass is 9.92. The molecule has 1 aromatic heterocycles. The van der Waals surface area contributed by atoms with Crippen LogP contribution in [0.15, 0.2) is 9.27 Å². The van der Waals surface area contributed by atoms with E-state index in [-0.39, 0.29) is 10.6 Å². The monoisotopic (exact) mass is 264 g/mol. The Labute approximate surface area is 89.7 Å². The molecule has 72 valence electrons. The van der Waals surface area contributed by atoms with Crippen molar-refractivity contribution in [3.8, 4) is 0 Å². The number of halogens is 2. The van der Waals surface area contributed by atoms with Crippen molar-refractivity contribution in [2.75, 3.05) is 0 Å². The summed E-state index contributed by atoms with van der Waals surface area (Å²) in [6.07, 6.45) is 0. The summed E-state index contributed by atoms with van der Waals surface area (Å²) in [7, 11) is 0. The lowest BCUT2D eigenvalue weighted by Crippen LogP contribution is -2.22. The molecular formula is C8H10BrClN2O. The van der Waals surface area contributed by atoms with Gasteiger partial charge in [-0.3, -0.25) is 0 Å². The van der Waals surface area contributed by atoms with Crippen LogP contribution in [-0.4, -0.2) is 9.97 Å². The van der Waals surface area contributed by atoms with Gasteiger partial charge in [0.25, 0.3) is 0 Å². The molecule has 0 aliphatic carbocycles. The number of hydrogen-bond acceptors (Lipinski definition) is 2. The van der Waals surface area contributed by atoms with Crippen molar-refractivity contribution in [3.63, 3.8) is 0 Å². The van der Waals surface area contributed by atoms with E-state index in [0.717, 1.165) is 5.69 Å². The van der Waals surface area contributed by atoms with Gasteiger partial charge in [0.05, 0.1) is 4.47 Å². The summed E-state index contributed by atoms with van der Waals surface area (Å²) in [5.41, 5.74) is 0.181. The summed E-state index contributed by atoms with van der Waals surface area (Å²) in [5, 5.41) is 0.202. The summed E-state index contributed by atoms with van der Waals surface area (Å²) in [6.45, 7) is 5.96. The molecule has 0 aliphatic heterocycles. The molecule has 0 aromatic carbocycles. The fourth-order valence-corrected chi connectivity index (χ4v) is 1.90. The molecule has 1 rings (SSSR count). The summed E-state index contributed by atoms with van der Waals surface area (Å²) in [4.78, 5) is 17.3. The number of hydrogen-bond donors (Lipinski definition) is 1. The molecule has 3 nitrogen and oxygen atoms in total. The van der Waals surface area contributed by atoms with Crippen LogP contribution in [0.1, 0.15) is 26.5 Å². The van der Waals surface area contributed by atoms with Gasteiger partial charge in [-0.15, -0.1) is 0 Å². The average Bonchev–Trinajstić information content (AvgIpc) is 1.94. The van der Waals surface area contributed by atoms with Gasteiger partial charge in [0.2, 0.25) is 0 Å². The first-order valence-electron chi connectivity index (χ1n) is 3.78. The quantitative estimate of drug-likeness (QED) is 0.733. The second kappa shape index (κ2) is 3.42. The zero-order chi connectivity index (χ0) is 10.2. The summed E-state index contributed by atoms with van der Waals surface area (Å²) in [5.74, 6) is 0. The predicted octanol–water partition coefficient (Wildman–Crippen LogP) is 2.48. The van der Waals surface area contributed by atoms with E-state index in [1.807, 2.05) is 20.8 Å². The average molecular weight is 266 g/mol. The van der Waals surface area contributed by atoms with Gasteiger partial charge in [-0.05, 0) is 15.9 Å².